The average molecular weight is 674 g/mol. The highest BCUT2D eigenvalue weighted by Crippen LogP contribution is 2.32. The lowest BCUT2D eigenvalue weighted by Crippen LogP contribution is -2.47. The van der Waals surface area contributed by atoms with Crippen molar-refractivity contribution in [1.29, 1.82) is 0 Å². The van der Waals surface area contributed by atoms with Gasteiger partial charge >= 0.3 is 6.09 Å². The van der Waals surface area contributed by atoms with Gasteiger partial charge in [0.15, 0.2) is 0 Å². The number of morpholine rings is 1. The number of ether oxygens (including phenoxy) is 3. The van der Waals surface area contributed by atoms with Gasteiger partial charge in [0, 0.05) is 32.0 Å². The molecule has 1 aliphatic heterocycles. The summed E-state index contributed by atoms with van der Waals surface area (Å²) in [5, 5.41) is 28.5. The Bertz CT molecular complexity index is 1450. The number of rotatable bonds is 17. The van der Waals surface area contributed by atoms with E-state index < -0.39 is 36.3 Å². The largest absolute Gasteiger partial charge is 0.492 e. The Morgan fingerprint density at radius 2 is 1.65 bits per heavy atom. The van der Waals surface area contributed by atoms with Crippen molar-refractivity contribution < 1.29 is 34.0 Å². The minimum atomic E-state index is -1.06. The van der Waals surface area contributed by atoms with Gasteiger partial charge in [0.2, 0.25) is 5.91 Å². The summed E-state index contributed by atoms with van der Waals surface area (Å²) in [6.07, 6.45) is 0.502. The highest BCUT2D eigenvalue weighted by molar-refractivity contribution is 5.80. The molecule has 0 bridgehead atoms. The summed E-state index contributed by atoms with van der Waals surface area (Å²) in [6.45, 7) is 7.01. The van der Waals surface area contributed by atoms with E-state index in [0.717, 1.165) is 73.7 Å². The van der Waals surface area contributed by atoms with Crippen molar-refractivity contribution in [1.82, 2.24) is 15.5 Å². The number of aliphatic hydroxyl groups is 2. The predicted octanol–water partition coefficient (Wildman–Crippen LogP) is 4.22. The van der Waals surface area contributed by atoms with E-state index in [4.69, 9.17) is 14.2 Å². The molecule has 4 N–H and O–H groups in total. The maximum Gasteiger partial charge on any atom is 0.407 e. The van der Waals surface area contributed by atoms with E-state index >= 15 is 0 Å². The molecule has 0 saturated carbocycles. The van der Waals surface area contributed by atoms with Crippen molar-refractivity contribution in [3.05, 3.63) is 101 Å². The number of hydrogen-bond acceptors (Lipinski definition) is 8. The van der Waals surface area contributed by atoms with Crippen LogP contribution >= 0.6 is 0 Å². The van der Waals surface area contributed by atoms with Gasteiger partial charge in [0.05, 0.1) is 44.1 Å². The van der Waals surface area contributed by atoms with Crippen LogP contribution in [0.25, 0.3) is 0 Å². The van der Waals surface area contributed by atoms with Crippen LogP contribution in [0.3, 0.4) is 0 Å². The Balaban J connectivity index is 1.29. The fourth-order valence-electron chi connectivity index (χ4n) is 6.54. The standard InChI is InChI=1S/C39H51N3O7/c1-2-3-20-49-39(46)40-34(25-28-9-5-4-6-10-28)35(43)27-31(38(45)41-37-33-12-8-7-11-30(33)26-36(37)44)24-29-13-15-32(16-14-29)48-23-19-42-17-21-47-22-18-42/h4-16,31,34-37,43-44H,2-3,17-27H2,1H3,(H,40,46)(H,41,45). The van der Waals surface area contributed by atoms with Gasteiger partial charge in [-0.2, -0.15) is 0 Å². The lowest BCUT2D eigenvalue weighted by atomic mass is 9.88. The van der Waals surface area contributed by atoms with Gasteiger partial charge in [-0.05, 0) is 60.1 Å². The summed E-state index contributed by atoms with van der Waals surface area (Å²) in [5.41, 5.74) is 3.76. The fourth-order valence-corrected chi connectivity index (χ4v) is 6.54. The summed E-state index contributed by atoms with van der Waals surface area (Å²) >= 11 is 0. The van der Waals surface area contributed by atoms with Crippen LogP contribution in [0, 0.1) is 5.92 Å². The molecular formula is C39H51N3O7. The van der Waals surface area contributed by atoms with Crippen molar-refractivity contribution >= 4 is 12.0 Å². The third-order valence-electron chi connectivity index (χ3n) is 9.38. The summed E-state index contributed by atoms with van der Waals surface area (Å²) in [6, 6.07) is 23.8. The highest BCUT2D eigenvalue weighted by Gasteiger charge is 2.35. The molecule has 0 spiro atoms. The van der Waals surface area contributed by atoms with Crippen molar-refractivity contribution in [3.8, 4) is 5.75 Å². The number of amides is 2. The van der Waals surface area contributed by atoms with Crippen LogP contribution in [0.1, 0.15) is 54.5 Å². The highest BCUT2D eigenvalue weighted by atomic mass is 16.5. The summed E-state index contributed by atoms with van der Waals surface area (Å²) in [7, 11) is 0. The van der Waals surface area contributed by atoms with E-state index in [2.05, 4.69) is 15.5 Å². The molecule has 0 radical (unpaired) electrons. The third-order valence-corrected chi connectivity index (χ3v) is 9.38. The zero-order valence-corrected chi connectivity index (χ0v) is 28.5. The third kappa shape index (κ3) is 11.0. The number of unbranched alkanes of at least 4 members (excludes halogenated alkanes) is 1. The minimum Gasteiger partial charge on any atom is -0.492 e. The molecule has 5 atom stereocenters. The second kappa shape index (κ2) is 18.7. The molecule has 264 valence electrons. The SMILES string of the molecule is CCCCOC(=O)NC(Cc1ccccc1)C(O)CC(Cc1ccc(OCCN2CCOCC2)cc1)C(=O)NC1c2ccccc2CC1O. The van der Waals surface area contributed by atoms with Gasteiger partial charge in [-0.3, -0.25) is 9.69 Å². The van der Waals surface area contributed by atoms with E-state index in [9.17, 15) is 19.8 Å². The molecule has 5 unspecified atom stereocenters. The zero-order valence-electron chi connectivity index (χ0n) is 28.5. The van der Waals surface area contributed by atoms with Crippen LogP contribution in [0.5, 0.6) is 5.75 Å². The smallest absolute Gasteiger partial charge is 0.407 e. The maximum absolute atomic E-state index is 14.0. The van der Waals surface area contributed by atoms with Crippen molar-refractivity contribution in [2.75, 3.05) is 46.1 Å². The zero-order chi connectivity index (χ0) is 34.4. The lowest BCUT2D eigenvalue weighted by molar-refractivity contribution is -0.127. The van der Waals surface area contributed by atoms with Gasteiger partial charge in [0.1, 0.15) is 12.4 Å². The number of hydrogen-bond donors (Lipinski definition) is 4. The summed E-state index contributed by atoms with van der Waals surface area (Å²) < 4.78 is 16.8. The van der Waals surface area contributed by atoms with E-state index in [-0.39, 0.29) is 12.3 Å². The van der Waals surface area contributed by atoms with E-state index in [1.165, 1.54) is 0 Å². The monoisotopic (exact) mass is 673 g/mol. The molecule has 49 heavy (non-hydrogen) atoms. The second-order valence-electron chi connectivity index (χ2n) is 13.0. The Hall–Kier alpha value is -3.96. The number of aliphatic hydroxyl groups excluding tert-OH is 2. The number of nitrogens with one attached hydrogen (secondary N) is 2. The first kappa shape index (κ1) is 36.3. The van der Waals surface area contributed by atoms with Crippen LogP contribution in [-0.4, -0.2) is 91.4 Å². The average Bonchev–Trinajstić information content (AvgIpc) is 3.43. The molecule has 1 heterocycles. The second-order valence-corrected chi connectivity index (χ2v) is 13.0. The van der Waals surface area contributed by atoms with Gasteiger partial charge < -0.3 is 35.1 Å². The number of alkyl carbamates (subject to hydrolysis) is 1. The number of benzene rings is 3. The molecule has 3 aromatic rings. The molecular weight excluding hydrogens is 622 g/mol. The molecule has 3 aromatic carbocycles. The van der Waals surface area contributed by atoms with Crippen molar-refractivity contribution in [2.45, 2.75) is 69.7 Å². The molecule has 10 heteroatoms. The fraction of sp³-hybridized carbons (Fsp3) is 0.487. The summed E-state index contributed by atoms with van der Waals surface area (Å²) in [5.74, 6) is -0.175. The molecule has 1 saturated heterocycles. The Morgan fingerprint density at radius 1 is 0.939 bits per heavy atom. The molecule has 1 fully saturated rings. The van der Waals surface area contributed by atoms with Crippen LogP contribution in [0.4, 0.5) is 4.79 Å². The Kier molecular flexibility index (Phi) is 13.9. The van der Waals surface area contributed by atoms with E-state index in [1.54, 1.807) is 0 Å². The normalized spacial score (nSPS) is 19.3. The number of carbonyl (C=O) groups excluding carboxylic acids is 2. The maximum atomic E-state index is 14.0. The predicted molar refractivity (Wildman–Crippen MR) is 187 cm³/mol. The number of carbonyl (C=O) groups is 2. The molecule has 2 aliphatic rings. The van der Waals surface area contributed by atoms with Crippen LogP contribution < -0.4 is 15.4 Å². The number of nitrogens with zero attached hydrogens (tertiary/aromatic N) is 1. The van der Waals surface area contributed by atoms with Crippen LogP contribution in [0.2, 0.25) is 0 Å². The van der Waals surface area contributed by atoms with E-state index in [0.29, 0.717) is 32.5 Å². The first-order chi connectivity index (χ1) is 23.9. The number of fused-ring (bicyclic) bond motifs is 1. The van der Waals surface area contributed by atoms with Gasteiger partial charge in [-0.15, -0.1) is 0 Å². The molecule has 10 nitrogen and oxygen atoms in total. The van der Waals surface area contributed by atoms with Crippen molar-refractivity contribution in [2.24, 2.45) is 5.92 Å². The van der Waals surface area contributed by atoms with Crippen molar-refractivity contribution in [3.63, 3.8) is 0 Å². The van der Waals surface area contributed by atoms with Crippen LogP contribution in [0.15, 0.2) is 78.9 Å². The van der Waals surface area contributed by atoms with Gasteiger partial charge in [-0.1, -0.05) is 80.1 Å². The topological polar surface area (TPSA) is 130 Å². The molecule has 0 aromatic heterocycles. The summed E-state index contributed by atoms with van der Waals surface area (Å²) in [4.78, 5) is 29.1. The molecule has 2 amide bonds. The lowest BCUT2D eigenvalue weighted by Gasteiger charge is -2.28. The van der Waals surface area contributed by atoms with Gasteiger partial charge in [-0.25, -0.2) is 4.79 Å². The first-order valence-corrected chi connectivity index (χ1v) is 17.6. The van der Waals surface area contributed by atoms with Crippen LogP contribution in [-0.2, 0) is 33.5 Å². The Morgan fingerprint density at radius 3 is 2.41 bits per heavy atom. The van der Waals surface area contributed by atoms with Gasteiger partial charge in [0.25, 0.3) is 0 Å². The minimum absolute atomic E-state index is 0.0842. The first-order valence-electron chi connectivity index (χ1n) is 17.6. The Labute approximate surface area is 289 Å². The molecule has 5 rings (SSSR count). The quantitative estimate of drug-likeness (QED) is 0.157. The molecule has 1 aliphatic carbocycles. The van der Waals surface area contributed by atoms with E-state index in [1.807, 2.05) is 85.8 Å².